The predicted molar refractivity (Wildman–Crippen MR) is 164 cm³/mol. The third-order valence-corrected chi connectivity index (χ3v) is 14.0. The molecule has 2 N–H and O–H groups in total. The number of rotatable bonds is 7. The number of ether oxygens (including phenoxy) is 4. The second kappa shape index (κ2) is 11.4. The quantitative estimate of drug-likeness (QED) is 0.353. The Balaban J connectivity index is 0.965. The van der Waals surface area contributed by atoms with Crippen LogP contribution in [0, 0.1) is 57.7 Å². The zero-order chi connectivity index (χ0) is 31.0. The van der Waals surface area contributed by atoms with Crippen LogP contribution in [-0.2, 0) is 28.5 Å². The number of hydrogen-bond donors (Lipinski definition) is 2. The van der Waals surface area contributed by atoms with Crippen molar-refractivity contribution in [2.45, 2.75) is 134 Å². The normalized spacial score (nSPS) is 51.8. The van der Waals surface area contributed by atoms with E-state index in [-0.39, 0.29) is 31.4 Å². The lowest BCUT2D eigenvalue weighted by molar-refractivity contribution is -0.273. The molecule has 0 radical (unpaired) electrons. The highest BCUT2D eigenvalue weighted by Crippen LogP contribution is 2.62. The van der Waals surface area contributed by atoms with Crippen LogP contribution in [0.4, 0.5) is 0 Å². The highest BCUT2D eigenvalue weighted by atomic mass is 16.7. The fourth-order valence-electron chi connectivity index (χ4n) is 12.8. The summed E-state index contributed by atoms with van der Waals surface area (Å²) >= 11 is 0. The van der Waals surface area contributed by atoms with Gasteiger partial charge in [-0.25, -0.2) is 0 Å². The molecular formula is C37H56O8. The van der Waals surface area contributed by atoms with Gasteiger partial charge in [0.2, 0.25) is 0 Å². The Kier molecular flexibility index (Phi) is 7.90. The summed E-state index contributed by atoms with van der Waals surface area (Å²) < 4.78 is 25.4. The monoisotopic (exact) mass is 628 g/mol. The minimum atomic E-state index is -0.783. The highest BCUT2D eigenvalue weighted by molar-refractivity contribution is 5.78. The number of carbonyl (C=O) groups excluding carboxylic acids is 2. The van der Waals surface area contributed by atoms with Crippen molar-refractivity contribution in [3.63, 3.8) is 0 Å². The summed E-state index contributed by atoms with van der Waals surface area (Å²) in [6, 6.07) is 0. The summed E-state index contributed by atoms with van der Waals surface area (Å²) in [5, 5.41) is 21.9. The van der Waals surface area contributed by atoms with Crippen LogP contribution in [0.3, 0.4) is 0 Å². The molecule has 8 unspecified atom stereocenters. The number of carbonyl (C=O) groups is 2. The van der Waals surface area contributed by atoms with Crippen molar-refractivity contribution in [1.82, 2.24) is 0 Å². The Morgan fingerprint density at radius 1 is 0.711 bits per heavy atom. The van der Waals surface area contributed by atoms with E-state index in [0.29, 0.717) is 55.6 Å². The molecule has 8 heteroatoms. The Morgan fingerprint density at radius 2 is 1.31 bits per heavy atom. The first-order chi connectivity index (χ1) is 21.5. The van der Waals surface area contributed by atoms with E-state index in [2.05, 4.69) is 6.92 Å². The largest absolute Gasteiger partial charge is 0.464 e. The average molecular weight is 629 g/mol. The van der Waals surface area contributed by atoms with Crippen molar-refractivity contribution in [3.8, 4) is 0 Å². The van der Waals surface area contributed by atoms with Gasteiger partial charge in [-0.15, -0.1) is 0 Å². The van der Waals surface area contributed by atoms with E-state index < -0.39 is 27.9 Å². The molecule has 1 aliphatic heterocycles. The third-order valence-electron chi connectivity index (χ3n) is 14.0. The summed E-state index contributed by atoms with van der Waals surface area (Å²) in [4.78, 5) is 27.8. The van der Waals surface area contributed by atoms with Crippen molar-refractivity contribution < 1.29 is 38.7 Å². The van der Waals surface area contributed by atoms with Crippen LogP contribution in [0.25, 0.3) is 0 Å². The molecule has 45 heavy (non-hydrogen) atoms. The molecule has 0 spiro atoms. The van der Waals surface area contributed by atoms with Gasteiger partial charge in [0.15, 0.2) is 6.29 Å². The summed E-state index contributed by atoms with van der Waals surface area (Å²) in [5.74, 6) is 3.04. The maximum atomic E-state index is 13.9. The van der Waals surface area contributed by atoms with Gasteiger partial charge in [0.05, 0.1) is 41.2 Å². The van der Waals surface area contributed by atoms with Crippen LogP contribution in [0.1, 0.15) is 116 Å². The van der Waals surface area contributed by atoms with E-state index in [4.69, 9.17) is 18.9 Å². The van der Waals surface area contributed by atoms with E-state index in [9.17, 15) is 19.8 Å². The van der Waals surface area contributed by atoms with E-state index in [0.717, 1.165) is 82.5 Å². The molecule has 0 aromatic rings. The minimum absolute atomic E-state index is 0.0703. The molecule has 1 heterocycles. The first-order valence-electron chi connectivity index (χ1n) is 18.5. The molecular weight excluding hydrogens is 572 g/mol. The summed E-state index contributed by atoms with van der Waals surface area (Å²) in [6.07, 6.45) is 15.5. The molecule has 8 nitrogen and oxygen atoms in total. The molecule has 1 saturated heterocycles. The minimum Gasteiger partial charge on any atom is -0.464 e. The zero-order valence-corrected chi connectivity index (χ0v) is 27.4. The van der Waals surface area contributed by atoms with Crippen LogP contribution >= 0.6 is 0 Å². The topological polar surface area (TPSA) is 112 Å². The van der Waals surface area contributed by atoms with E-state index >= 15 is 0 Å². The first kappa shape index (κ1) is 31.1. The van der Waals surface area contributed by atoms with E-state index in [1.165, 1.54) is 25.7 Å². The van der Waals surface area contributed by atoms with Crippen LogP contribution in [0.5, 0.6) is 0 Å². The molecule has 9 fully saturated rings. The van der Waals surface area contributed by atoms with Crippen molar-refractivity contribution in [3.05, 3.63) is 0 Å². The lowest BCUT2D eigenvalue weighted by Crippen LogP contribution is -2.59. The Morgan fingerprint density at radius 3 is 1.96 bits per heavy atom. The maximum Gasteiger partial charge on any atom is 0.312 e. The van der Waals surface area contributed by atoms with Crippen molar-refractivity contribution in [1.29, 1.82) is 0 Å². The van der Waals surface area contributed by atoms with E-state index in [1.807, 2.05) is 0 Å². The van der Waals surface area contributed by atoms with Gasteiger partial charge in [-0.3, -0.25) is 9.59 Å². The third kappa shape index (κ3) is 5.90. The molecule has 0 aromatic heterocycles. The van der Waals surface area contributed by atoms with Gasteiger partial charge in [-0.2, -0.15) is 0 Å². The van der Waals surface area contributed by atoms with Crippen molar-refractivity contribution >= 4 is 11.9 Å². The first-order valence-corrected chi connectivity index (χ1v) is 18.5. The molecule has 8 atom stereocenters. The maximum absolute atomic E-state index is 13.9. The highest BCUT2D eigenvalue weighted by Gasteiger charge is 2.61. The fourth-order valence-corrected chi connectivity index (χ4v) is 12.8. The Hall–Kier alpha value is -1.22. The standard InChI is InChI=1S/C37H56O8/c1-23-5-26-10-30(38)17-35(11-23,12-26)32(39)44-21-34(19-42-31(43-20-34)29-8-24-3-2-4-25(6-24)9-29)22-45-33(40)36-13-27-7-28(14-36)16-37(41,15-27)18-36/h23-31,38,41H,2-22H2,1H3. The second-order valence-corrected chi connectivity index (χ2v) is 18.2. The molecule has 8 bridgehead atoms. The Labute approximate surface area is 268 Å². The van der Waals surface area contributed by atoms with Gasteiger partial charge in [-0.1, -0.05) is 26.2 Å². The lowest BCUT2D eigenvalue weighted by atomic mass is 9.48. The van der Waals surface area contributed by atoms with Gasteiger partial charge in [0.1, 0.15) is 13.2 Å². The molecule has 8 aliphatic carbocycles. The number of aliphatic hydroxyl groups is 2. The van der Waals surface area contributed by atoms with E-state index in [1.54, 1.807) is 0 Å². The fraction of sp³-hybridized carbons (Fsp3) is 0.946. The number of hydrogen-bond acceptors (Lipinski definition) is 8. The second-order valence-electron chi connectivity index (χ2n) is 18.2. The smallest absolute Gasteiger partial charge is 0.312 e. The molecule has 9 aliphatic rings. The van der Waals surface area contributed by atoms with Crippen LogP contribution in [0.2, 0.25) is 0 Å². The van der Waals surface area contributed by atoms with Gasteiger partial charge < -0.3 is 29.2 Å². The predicted octanol–water partition coefficient (Wildman–Crippen LogP) is 5.56. The average Bonchev–Trinajstić information content (AvgIpc) is 2.97. The van der Waals surface area contributed by atoms with Gasteiger partial charge >= 0.3 is 11.9 Å². The van der Waals surface area contributed by atoms with Crippen LogP contribution in [-0.4, -0.2) is 66.6 Å². The van der Waals surface area contributed by atoms with Crippen molar-refractivity contribution in [2.24, 2.45) is 57.7 Å². The summed E-state index contributed by atoms with van der Waals surface area (Å²) in [5.41, 5.74) is -2.78. The van der Waals surface area contributed by atoms with Crippen LogP contribution in [0.15, 0.2) is 0 Å². The molecule has 252 valence electrons. The van der Waals surface area contributed by atoms with Crippen molar-refractivity contribution in [2.75, 3.05) is 26.4 Å². The van der Waals surface area contributed by atoms with Crippen LogP contribution < -0.4 is 0 Å². The van der Waals surface area contributed by atoms with Gasteiger partial charge in [0.25, 0.3) is 0 Å². The number of aliphatic hydroxyl groups excluding tert-OH is 1. The number of fused-ring (bicyclic) bond motifs is 4. The summed E-state index contributed by atoms with van der Waals surface area (Å²) in [6.45, 7) is 2.99. The number of esters is 2. The molecule has 9 rings (SSSR count). The SMILES string of the molecule is CC1CC2CC(O)CC(C(=O)OCC3(COC(=O)C45CC6CC(CC(O)(C6)C4)C5)COC(C4CC5CCCC(C5)C4)OC3)(C1)C2. The van der Waals surface area contributed by atoms with Gasteiger partial charge in [0, 0.05) is 5.92 Å². The molecule has 0 aromatic carbocycles. The molecule has 0 amide bonds. The Bertz CT molecular complexity index is 1060. The van der Waals surface area contributed by atoms with Gasteiger partial charge in [-0.05, 0) is 125 Å². The lowest BCUT2D eigenvalue weighted by Gasteiger charge is -2.58. The summed E-state index contributed by atoms with van der Waals surface area (Å²) in [7, 11) is 0. The zero-order valence-electron chi connectivity index (χ0n) is 27.4. The molecule has 8 saturated carbocycles.